The van der Waals surface area contributed by atoms with Gasteiger partial charge in [-0.25, -0.2) is 9.78 Å². The van der Waals surface area contributed by atoms with E-state index in [4.69, 9.17) is 28.4 Å². The van der Waals surface area contributed by atoms with Crippen molar-refractivity contribution in [2.45, 2.75) is 53.1 Å². The number of aromatic nitrogens is 2. The zero-order chi connectivity index (χ0) is 46.0. The number of H-pyrrole nitrogens is 1. The Morgan fingerprint density at radius 2 is 0.746 bits per heavy atom. The highest BCUT2D eigenvalue weighted by atomic mass is 16.5. The lowest BCUT2D eigenvalue weighted by Crippen LogP contribution is -2.30. The van der Waals surface area contributed by atoms with Crippen molar-refractivity contribution in [2.75, 3.05) is 5.32 Å². The summed E-state index contributed by atoms with van der Waals surface area (Å²) in [6, 6.07) is 57.5. The second-order valence-corrected chi connectivity index (χ2v) is 15.7. The van der Waals surface area contributed by atoms with E-state index in [0.29, 0.717) is 72.2 Å². The Kier molecular flexibility index (Phi) is 15.4. The number of carbonyl (C=O) groups is 1. The molecule has 0 saturated heterocycles. The maximum Gasteiger partial charge on any atom is 0.321 e. The van der Waals surface area contributed by atoms with Crippen LogP contribution in [0.25, 0.3) is 0 Å². The van der Waals surface area contributed by atoms with Gasteiger partial charge in [-0.15, -0.1) is 0 Å². The van der Waals surface area contributed by atoms with E-state index in [-0.39, 0.29) is 31.3 Å². The predicted octanol–water partition coefficient (Wildman–Crippen LogP) is 10.9. The number of nitrogens with one attached hydrogen (secondary N) is 3. The molecule has 0 saturated carbocycles. The number of aryl methyl sites for hydroxylation is 1. The molecule has 12 nitrogen and oxygen atoms in total. The molecule has 7 aromatic carbocycles. The molecule has 0 bridgehead atoms. The third-order valence-corrected chi connectivity index (χ3v) is 10.2. The molecule has 8 rings (SSSR count). The van der Waals surface area contributed by atoms with Gasteiger partial charge in [0.25, 0.3) is 5.56 Å². The summed E-state index contributed by atoms with van der Waals surface area (Å²) in [6.07, 6.45) is 0. The van der Waals surface area contributed by atoms with Gasteiger partial charge in [-0.2, -0.15) is 0 Å². The number of aromatic amines is 1. The van der Waals surface area contributed by atoms with Crippen LogP contribution in [0, 0.1) is 6.92 Å². The van der Waals surface area contributed by atoms with Gasteiger partial charge in [-0.1, -0.05) is 121 Å². The van der Waals surface area contributed by atoms with Crippen molar-refractivity contribution >= 4 is 12.0 Å². The van der Waals surface area contributed by atoms with Crippen LogP contribution >= 0.6 is 0 Å². The molecular weight excluding hydrogens is 845 g/mol. The Morgan fingerprint density at radius 3 is 1.07 bits per heavy atom. The van der Waals surface area contributed by atoms with E-state index in [9.17, 15) is 9.59 Å². The Morgan fingerprint density at radius 1 is 0.433 bits per heavy atom. The normalized spacial score (nSPS) is 10.7. The molecule has 0 aliphatic heterocycles. The van der Waals surface area contributed by atoms with Crippen LogP contribution in [0.3, 0.4) is 0 Å². The Bertz CT molecular complexity index is 2620. The zero-order valence-corrected chi connectivity index (χ0v) is 37.0. The van der Waals surface area contributed by atoms with E-state index in [0.717, 1.165) is 33.4 Å². The van der Waals surface area contributed by atoms with Crippen LogP contribution in [0.15, 0.2) is 187 Å². The second kappa shape index (κ2) is 22.9. The van der Waals surface area contributed by atoms with Crippen LogP contribution in [-0.4, -0.2) is 16.0 Å². The third kappa shape index (κ3) is 14.5. The topological polar surface area (TPSA) is 142 Å². The first-order chi connectivity index (χ1) is 32.8. The summed E-state index contributed by atoms with van der Waals surface area (Å²) < 4.78 is 37.9. The molecule has 3 N–H and O–H groups in total. The molecule has 1 aromatic heterocycles. The molecule has 67 heavy (non-hydrogen) atoms. The molecule has 0 aliphatic carbocycles. The molecule has 0 spiro atoms. The summed E-state index contributed by atoms with van der Waals surface area (Å²) in [5.41, 5.74) is 6.55. The number of anilines is 1. The summed E-state index contributed by atoms with van der Waals surface area (Å²) in [5, 5.41) is 5.43. The van der Waals surface area contributed by atoms with Gasteiger partial charge >= 0.3 is 6.03 Å². The molecule has 0 aliphatic rings. The molecule has 0 fully saturated rings. The van der Waals surface area contributed by atoms with Crippen molar-refractivity contribution in [3.63, 3.8) is 0 Å². The fourth-order valence-electron chi connectivity index (χ4n) is 6.93. The highest BCUT2D eigenvalue weighted by Crippen LogP contribution is 2.30. The van der Waals surface area contributed by atoms with Crippen LogP contribution in [0.5, 0.6) is 34.5 Å². The second-order valence-electron chi connectivity index (χ2n) is 15.7. The van der Waals surface area contributed by atoms with Gasteiger partial charge in [0.1, 0.15) is 74.1 Å². The average Bonchev–Trinajstić information content (AvgIpc) is 3.35. The fourth-order valence-corrected chi connectivity index (χ4v) is 6.93. The van der Waals surface area contributed by atoms with Crippen LogP contribution < -0.4 is 44.6 Å². The summed E-state index contributed by atoms with van der Waals surface area (Å²) in [6.45, 7) is 3.61. The largest absolute Gasteiger partial charge is 0.489 e. The minimum atomic E-state index is -0.562. The number of amides is 2. The van der Waals surface area contributed by atoms with Gasteiger partial charge in [0.05, 0.1) is 0 Å². The lowest BCUT2D eigenvalue weighted by Gasteiger charge is -2.16. The minimum Gasteiger partial charge on any atom is -0.489 e. The SMILES string of the molecule is Cc1cc(=O)[nH]c(NC(=O)NCc2cc(OCc3cc(OCc4ccccc4)cc(OCc4ccccc4)c3)cc(OCc3cc(OCc4ccccc4)cc(OCc4ccccc4)c3)c2)n1. The third-order valence-electron chi connectivity index (χ3n) is 10.2. The van der Waals surface area contributed by atoms with Crippen LogP contribution in [0.1, 0.15) is 44.6 Å². The maximum atomic E-state index is 13.0. The van der Waals surface area contributed by atoms with Crippen molar-refractivity contribution in [2.24, 2.45) is 0 Å². The Labute approximate surface area is 389 Å². The van der Waals surface area contributed by atoms with Gasteiger partial charge in [0, 0.05) is 36.5 Å². The lowest BCUT2D eigenvalue weighted by molar-refractivity contribution is 0.251. The van der Waals surface area contributed by atoms with E-state index >= 15 is 0 Å². The summed E-state index contributed by atoms with van der Waals surface area (Å²) >= 11 is 0. The van der Waals surface area contributed by atoms with Gasteiger partial charge in [-0.05, 0) is 82.3 Å². The van der Waals surface area contributed by atoms with E-state index in [2.05, 4.69) is 20.6 Å². The number of rotatable bonds is 21. The summed E-state index contributed by atoms with van der Waals surface area (Å²) in [7, 11) is 0. The minimum absolute atomic E-state index is 0.0350. The number of benzene rings is 7. The molecule has 2 amide bonds. The van der Waals surface area contributed by atoms with E-state index in [1.165, 1.54) is 6.07 Å². The van der Waals surface area contributed by atoms with Crippen molar-refractivity contribution in [1.29, 1.82) is 0 Å². The lowest BCUT2D eigenvalue weighted by atomic mass is 10.1. The number of ether oxygens (including phenoxy) is 6. The zero-order valence-electron chi connectivity index (χ0n) is 37.0. The molecule has 0 atom stereocenters. The smallest absolute Gasteiger partial charge is 0.321 e. The number of hydrogen-bond donors (Lipinski definition) is 3. The number of carbonyl (C=O) groups excluding carboxylic acids is 1. The molecule has 0 unspecified atom stereocenters. The predicted molar refractivity (Wildman–Crippen MR) is 257 cm³/mol. The highest BCUT2D eigenvalue weighted by Gasteiger charge is 2.12. The first kappa shape index (κ1) is 45.1. The molecular formula is C55H50N4O8. The Hall–Kier alpha value is -8.51. The first-order valence-corrected chi connectivity index (χ1v) is 21.8. The summed E-state index contributed by atoms with van der Waals surface area (Å²) in [5.74, 6) is 3.55. The van der Waals surface area contributed by atoms with E-state index in [1.54, 1.807) is 13.0 Å². The van der Waals surface area contributed by atoms with E-state index < -0.39 is 6.03 Å². The van der Waals surface area contributed by atoms with Crippen LogP contribution in [-0.2, 0) is 46.2 Å². The molecule has 0 radical (unpaired) electrons. The standard InChI is InChI=1S/C55H50N4O8/c1-39-22-53(60)58-54(57-39)59-55(61)56-32-44-23-47(66-37-45-25-49(62-33-40-14-6-2-7-15-40)30-50(26-45)63-34-41-16-8-3-9-17-41)29-48(24-44)67-38-46-27-51(64-35-42-18-10-4-11-19-42)31-52(28-46)65-36-43-20-12-5-13-21-43/h2-31H,32-38H2,1H3,(H3,56,57,58,59,60,61). The number of urea groups is 1. The monoisotopic (exact) mass is 894 g/mol. The van der Waals surface area contributed by atoms with Gasteiger partial charge in [-0.3, -0.25) is 15.1 Å². The quantitative estimate of drug-likeness (QED) is 0.0642. The molecule has 12 heteroatoms. The highest BCUT2D eigenvalue weighted by molar-refractivity contribution is 5.87. The van der Waals surface area contributed by atoms with Crippen molar-refractivity contribution < 1.29 is 33.2 Å². The van der Waals surface area contributed by atoms with Crippen molar-refractivity contribution in [3.05, 3.63) is 237 Å². The first-order valence-electron chi connectivity index (χ1n) is 21.8. The average molecular weight is 895 g/mol. The van der Waals surface area contributed by atoms with Crippen LogP contribution in [0.4, 0.5) is 10.7 Å². The van der Waals surface area contributed by atoms with Gasteiger partial charge in [0.15, 0.2) is 0 Å². The van der Waals surface area contributed by atoms with Gasteiger partial charge in [0.2, 0.25) is 5.95 Å². The van der Waals surface area contributed by atoms with Crippen molar-refractivity contribution in [1.82, 2.24) is 15.3 Å². The Balaban J connectivity index is 1.02. The number of nitrogens with zero attached hydrogens (tertiary/aromatic N) is 1. The van der Waals surface area contributed by atoms with E-state index in [1.807, 2.05) is 170 Å². The van der Waals surface area contributed by atoms with Crippen molar-refractivity contribution in [3.8, 4) is 34.5 Å². The maximum absolute atomic E-state index is 13.0. The number of hydrogen-bond acceptors (Lipinski definition) is 9. The summed E-state index contributed by atoms with van der Waals surface area (Å²) in [4.78, 5) is 31.7. The molecule has 338 valence electrons. The molecule has 8 aromatic rings. The van der Waals surface area contributed by atoms with Crippen LogP contribution in [0.2, 0.25) is 0 Å². The van der Waals surface area contributed by atoms with Gasteiger partial charge < -0.3 is 33.7 Å². The molecule has 1 heterocycles. The fraction of sp³-hybridized carbons (Fsp3) is 0.145.